The van der Waals surface area contributed by atoms with E-state index in [4.69, 9.17) is 39.4 Å². The molecule has 2 aromatic heterocycles. The molecular weight excluding hydrogens is 865 g/mol. The monoisotopic (exact) mass is 900 g/mol. The van der Waals surface area contributed by atoms with Gasteiger partial charge >= 0.3 is 42.4 Å². The van der Waals surface area contributed by atoms with Gasteiger partial charge in [0.25, 0.3) is 0 Å². The third-order valence-electron chi connectivity index (χ3n) is 10.3. The number of anilines is 1. The number of hydrogen-bond donors (Lipinski definition) is 5. The molecule has 14 nitrogen and oxygen atoms in total. The SMILES string of the molecule is O=C(O)C(F)(F)F.O=C(O)C(F)(F)F.O=C(O)C(F)(F)F.Oc1cc(-c2ncc3c(N4C[C@H]5CC[C@@H](C4)N5)nc(OCC45CCCN4CCC5)nc3c2F)c2c(F)cccc2c1. The second kappa shape index (κ2) is 18.2. The van der Waals surface area contributed by atoms with Crippen molar-refractivity contribution in [3.63, 3.8) is 0 Å². The Kier molecular flexibility index (Phi) is 13.9. The van der Waals surface area contributed by atoms with E-state index in [-0.39, 0.29) is 39.5 Å². The summed E-state index contributed by atoms with van der Waals surface area (Å²) in [6.45, 7) is 4.13. The molecule has 8 rings (SSSR count). The summed E-state index contributed by atoms with van der Waals surface area (Å²) in [5.41, 5.74) is 0.176. The fourth-order valence-corrected chi connectivity index (χ4v) is 7.70. The number of carboxylic acid groups (broad SMARTS) is 3. The number of carboxylic acids is 3. The van der Waals surface area contributed by atoms with Crippen molar-refractivity contribution in [3.05, 3.63) is 48.2 Å². The van der Waals surface area contributed by atoms with E-state index in [1.807, 2.05) is 0 Å². The van der Waals surface area contributed by atoms with Crippen LogP contribution in [-0.4, -0.2) is 127 Å². The first-order valence-electron chi connectivity index (χ1n) is 18.4. The van der Waals surface area contributed by atoms with Crippen LogP contribution in [0.15, 0.2) is 36.5 Å². The van der Waals surface area contributed by atoms with E-state index in [9.17, 15) is 44.6 Å². The number of piperazine rings is 1. The molecule has 0 amide bonds. The summed E-state index contributed by atoms with van der Waals surface area (Å²) in [7, 11) is 0. The number of alkyl halides is 9. The first kappa shape index (κ1) is 47.2. The van der Waals surface area contributed by atoms with Gasteiger partial charge in [0.15, 0.2) is 5.82 Å². The number of benzene rings is 2. The largest absolute Gasteiger partial charge is 0.508 e. The van der Waals surface area contributed by atoms with E-state index in [2.05, 4.69) is 25.1 Å². The van der Waals surface area contributed by atoms with Gasteiger partial charge in [0.05, 0.1) is 10.9 Å². The molecule has 0 aliphatic carbocycles. The Morgan fingerprint density at radius 1 is 0.823 bits per heavy atom. The molecule has 25 heteroatoms. The van der Waals surface area contributed by atoms with E-state index >= 15 is 8.78 Å². The topological polar surface area (TPSA) is 199 Å². The Bertz CT molecular complexity index is 2230. The lowest BCUT2D eigenvalue weighted by Gasteiger charge is -2.34. The van der Waals surface area contributed by atoms with Crippen molar-refractivity contribution >= 4 is 45.4 Å². The first-order chi connectivity index (χ1) is 28.8. The number of carbonyl (C=O) groups is 3. The second-order valence-corrected chi connectivity index (χ2v) is 14.5. The minimum Gasteiger partial charge on any atom is -0.508 e. The number of aliphatic carboxylic acids is 3. The molecule has 0 unspecified atom stereocenters. The molecule has 4 saturated heterocycles. The van der Waals surface area contributed by atoms with Crippen LogP contribution >= 0.6 is 0 Å². The predicted molar refractivity (Wildman–Crippen MR) is 193 cm³/mol. The number of nitrogens with one attached hydrogen (secondary N) is 1. The number of nitrogens with zero attached hydrogens (tertiary/aromatic N) is 5. The van der Waals surface area contributed by atoms with Crippen LogP contribution in [0.4, 0.5) is 54.1 Å². The van der Waals surface area contributed by atoms with Crippen LogP contribution in [0, 0.1) is 11.6 Å². The molecule has 2 bridgehead atoms. The van der Waals surface area contributed by atoms with Gasteiger partial charge in [-0.2, -0.15) is 49.5 Å². The standard InChI is InChI=1S/C31H32F2N6O2.3C2HF3O2/c32-24-5-1-4-18-12-21(40)13-22(25(18)24)27-26(33)28-23(14-34-27)29(38-15-19-6-7-20(16-38)35-19)37-30(36-28)41-17-31-8-2-10-39(31)11-3-9-31;3*3-2(4,5)1(6)7/h1,4-5,12-14,19-20,35,40H,2-3,6-11,15-17H2;3*(H,6,7)/t19-,20+;;;. The van der Waals surface area contributed by atoms with Crippen molar-refractivity contribution in [3.8, 4) is 23.0 Å². The number of hydrogen-bond acceptors (Lipinski definition) is 11. The zero-order valence-electron chi connectivity index (χ0n) is 31.7. The number of pyridine rings is 1. The summed E-state index contributed by atoms with van der Waals surface area (Å²) in [6.07, 6.45) is -7.04. The quantitative estimate of drug-likeness (QED) is 0.133. The van der Waals surface area contributed by atoms with Crippen LogP contribution in [0.3, 0.4) is 0 Å². The third kappa shape index (κ3) is 11.0. The normalized spacial score (nSPS) is 19.4. The molecule has 62 heavy (non-hydrogen) atoms. The van der Waals surface area contributed by atoms with Crippen molar-refractivity contribution in [2.24, 2.45) is 0 Å². The Morgan fingerprint density at radius 3 is 1.87 bits per heavy atom. The van der Waals surface area contributed by atoms with Crippen LogP contribution in [0.2, 0.25) is 0 Å². The number of aromatic nitrogens is 3. The van der Waals surface area contributed by atoms with Crippen LogP contribution in [0.1, 0.15) is 38.5 Å². The van der Waals surface area contributed by atoms with Gasteiger partial charge in [-0.1, -0.05) is 12.1 Å². The summed E-state index contributed by atoms with van der Waals surface area (Å²) < 4.78 is 133. The van der Waals surface area contributed by atoms with Gasteiger partial charge in [-0.15, -0.1) is 0 Å². The maximum absolute atomic E-state index is 16.5. The van der Waals surface area contributed by atoms with Gasteiger partial charge in [0.2, 0.25) is 0 Å². The van der Waals surface area contributed by atoms with Crippen molar-refractivity contribution in [1.29, 1.82) is 0 Å². The highest BCUT2D eigenvalue weighted by molar-refractivity contribution is 6.00. The smallest absolute Gasteiger partial charge is 0.490 e. The zero-order valence-corrected chi connectivity index (χ0v) is 31.7. The Balaban J connectivity index is 0.000000287. The molecule has 5 N–H and O–H groups in total. The molecule has 2 atom stereocenters. The lowest BCUT2D eigenvalue weighted by molar-refractivity contribution is -0.193. The van der Waals surface area contributed by atoms with Gasteiger partial charge in [0.1, 0.15) is 35.2 Å². The Labute approximate surface area is 341 Å². The maximum atomic E-state index is 16.5. The van der Waals surface area contributed by atoms with Crippen molar-refractivity contribution in [2.75, 3.05) is 37.7 Å². The van der Waals surface area contributed by atoms with E-state index in [1.165, 1.54) is 18.2 Å². The van der Waals surface area contributed by atoms with Gasteiger partial charge in [-0.3, -0.25) is 9.88 Å². The number of phenols is 1. The average molecular weight is 901 g/mol. The lowest BCUT2D eigenvalue weighted by atomic mass is 9.95. The number of aromatic hydroxyl groups is 1. The molecule has 0 saturated carbocycles. The molecule has 6 heterocycles. The average Bonchev–Trinajstić information content (AvgIpc) is 3.86. The Hall–Kier alpha value is -5.85. The molecule has 0 radical (unpaired) electrons. The first-order valence-corrected chi connectivity index (χ1v) is 18.4. The second-order valence-electron chi connectivity index (χ2n) is 14.5. The highest BCUT2D eigenvalue weighted by Gasteiger charge is 2.45. The summed E-state index contributed by atoms with van der Waals surface area (Å²) in [5, 5.41) is 36.6. The fraction of sp³-hybridized carbons (Fsp3) is 0.459. The summed E-state index contributed by atoms with van der Waals surface area (Å²) in [6, 6.07) is 8.23. The van der Waals surface area contributed by atoms with E-state index in [0.29, 0.717) is 35.3 Å². The molecule has 0 spiro atoms. The highest BCUT2D eigenvalue weighted by atomic mass is 19.4. The van der Waals surface area contributed by atoms with Crippen molar-refractivity contribution in [1.82, 2.24) is 25.2 Å². The van der Waals surface area contributed by atoms with Gasteiger partial charge in [0, 0.05) is 42.3 Å². The molecule has 4 aliphatic heterocycles. The minimum atomic E-state index is -5.08. The molecular formula is C37H35F11N6O8. The molecule has 4 aromatic rings. The zero-order chi connectivity index (χ0) is 45.9. The number of halogens is 11. The minimum absolute atomic E-state index is 0.00735. The van der Waals surface area contributed by atoms with Gasteiger partial charge in [-0.25, -0.2) is 23.2 Å². The summed E-state index contributed by atoms with van der Waals surface area (Å²) in [5.74, 6) is -8.96. The fourth-order valence-electron chi connectivity index (χ4n) is 7.70. The Morgan fingerprint density at radius 2 is 1.35 bits per heavy atom. The number of phenolic OH excluding ortho intramolecular Hbond substituents is 1. The van der Waals surface area contributed by atoms with Crippen molar-refractivity contribution in [2.45, 2.75) is 74.7 Å². The number of fused-ring (bicyclic) bond motifs is 5. The van der Waals surface area contributed by atoms with E-state index in [1.54, 1.807) is 18.3 Å². The molecule has 338 valence electrons. The van der Waals surface area contributed by atoms with Gasteiger partial charge in [-0.05, 0) is 75.2 Å². The number of rotatable bonds is 5. The maximum Gasteiger partial charge on any atom is 0.490 e. The third-order valence-corrected chi connectivity index (χ3v) is 10.3. The lowest BCUT2D eigenvalue weighted by Crippen LogP contribution is -2.51. The number of ether oxygens (including phenoxy) is 1. The molecule has 4 fully saturated rings. The summed E-state index contributed by atoms with van der Waals surface area (Å²) in [4.78, 5) is 45.3. The summed E-state index contributed by atoms with van der Waals surface area (Å²) >= 11 is 0. The van der Waals surface area contributed by atoms with Crippen LogP contribution in [0.25, 0.3) is 32.9 Å². The van der Waals surface area contributed by atoms with E-state index in [0.717, 1.165) is 64.7 Å². The van der Waals surface area contributed by atoms with E-state index < -0.39 is 48.1 Å². The van der Waals surface area contributed by atoms with Crippen LogP contribution in [0.5, 0.6) is 11.8 Å². The van der Waals surface area contributed by atoms with Gasteiger partial charge < -0.3 is 35.4 Å². The van der Waals surface area contributed by atoms with Crippen LogP contribution < -0.4 is 15.0 Å². The van der Waals surface area contributed by atoms with Crippen LogP contribution in [-0.2, 0) is 14.4 Å². The molecule has 4 aliphatic rings. The molecule has 2 aromatic carbocycles. The highest BCUT2D eigenvalue weighted by Crippen LogP contribution is 2.41. The van der Waals surface area contributed by atoms with Crippen molar-refractivity contribution < 1.29 is 87.8 Å². The predicted octanol–water partition coefficient (Wildman–Crippen LogP) is 6.68.